The minimum absolute atomic E-state index is 0.636. The first-order valence-corrected chi connectivity index (χ1v) is 7.41. The Balaban J connectivity index is 3.82. The van der Waals surface area contributed by atoms with E-state index in [1.807, 2.05) is 0 Å². The van der Waals surface area contributed by atoms with Gasteiger partial charge in [0.1, 0.15) is 0 Å². The van der Waals surface area contributed by atoms with E-state index in [0.29, 0.717) is 6.04 Å². The van der Waals surface area contributed by atoms with Gasteiger partial charge in [0, 0.05) is 18.8 Å². The van der Waals surface area contributed by atoms with Crippen LogP contribution in [0.3, 0.4) is 0 Å². The number of allylic oxidation sites excluding steroid dienone is 1. The summed E-state index contributed by atoms with van der Waals surface area (Å²) in [5.74, 6) is 0.965. The van der Waals surface area contributed by atoms with E-state index in [-0.39, 0.29) is 0 Å². The van der Waals surface area contributed by atoms with Gasteiger partial charge in [0.15, 0.2) is 0 Å². The van der Waals surface area contributed by atoms with Crippen molar-refractivity contribution in [3.63, 3.8) is 0 Å². The first kappa shape index (κ1) is 16.5. The maximum atomic E-state index is 4.00. The van der Waals surface area contributed by atoms with Crippen LogP contribution in [-0.2, 0) is 0 Å². The van der Waals surface area contributed by atoms with Gasteiger partial charge in [0.2, 0.25) is 0 Å². The number of nitrogens with zero attached hydrogens (tertiary/aromatic N) is 1. The summed E-state index contributed by atoms with van der Waals surface area (Å²) in [4.78, 5) is 2.30. The first-order chi connectivity index (χ1) is 8.02. The Bertz CT molecular complexity index is 192. The van der Waals surface area contributed by atoms with Crippen LogP contribution in [0.4, 0.5) is 0 Å². The smallest absolute Gasteiger partial charge is 0.0255 e. The van der Waals surface area contributed by atoms with Crippen LogP contribution in [0.25, 0.3) is 0 Å². The third kappa shape index (κ3) is 7.46. The molecule has 0 saturated carbocycles. The van der Waals surface area contributed by atoms with Crippen molar-refractivity contribution < 1.29 is 0 Å². The van der Waals surface area contributed by atoms with Crippen molar-refractivity contribution >= 4 is 0 Å². The van der Waals surface area contributed by atoms with Crippen molar-refractivity contribution in [3.05, 3.63) is 12.3 Å². The van der Waals surface area contributed by atoms with Crippen molar-refractivity contribution in [2.24, 2.45) is 5.92 Å². The van der Waals surface area contributed by atoms with E-state index in [4.69, 9.17) is 0 Å². The molecule has 0 aliphatic heterocycles. The monoisotopic (exact) mass is 239 g/mol. The van der Waals surface area contributed by atoms with Gasteiger partial charge in [-0.25, -0.2) is 0 Å². The fourth-order valence-corrected chi connectivity index (χ4v) is 2.52. The number of hydrogen-bond acceptors (Lipinski definition) is 1. The third-order valence-corrected chi connectivity index (χ3v) is 3.89. The van der Waals surface area contributed by atoms with Crippen molar-refractivity contribution in [2.45, 2.75) is 78.7 Å². The molecule has 1 unspecified atom stereocenters. The molecule has 102 valence electrons. The van der Waals surface area contributed by atoms with E-state index < -0.39 is 0 Å². The number of rotatable bonds is 10. The van der Waals surface area contributed by atoms with Crippen LogP contribution in [0, 0.1) is 5.92 Å². The molecule has 0 amide bonds. The fraction of sp³-hybridized carbons (Fsp3) is 0.875. The Hall–Kier alpha value is -0.460. The van der Waals surface area contributed by atoms with E-state index in [1.165, 1.54) is 50.6 Å². The van der Waals surface area contributed by atoms with Gasteiger partial charge in [-0.05, 0) is 26.2 Å². The Kier molecular flexibility index (Phi) is 9.30. The highest BCUT2D eigenvalue weighted by molar-refractivity contribution is 4.89. The molecule has 0 aliphatic rings. The predicted molar refractivity (Wildman–Crippen MR) is 79.2 cm³/mol. The lowest BCUT2D eigenvalue weighted by Crippen LogP contribution is -2.26. The summed E-state index contributed by atoms with van der Waals surface area (Å²) < 4.78 is 0. The van der Waals surface area contributed by atoms with Gasteiger partial charge in [0.25, 0.3) is 0 Å². The Morgan fingerprint density at radius 1 is 1.06 bits per heavy atom. The molecule has 1 heteroatoms. The molecule has 17 heavy (non-hydrogen) atoms. The lowest BCUT2D eigenvalue weighted by molar-refractivity contribution is 0.289. The Morgan fingerprint density at radius 2 is 1.59 bits per heavy atom. The summed E-state index contributed by atoms with van der Waals surface area (Å²) >= 11 is 0. The van der Waals surface area contributed by atoms with Crippen molar-refractivity contribution in [1.82, 2.24) is 4.90 Å². The average Bonchev–Trinajstić information content (AvgIpc) is 2.28. The van der Waals surface area contributed by atoms with E-state index in [2.05, 4.69) is 46.2 Å². The second kappa shape index (κ2) is 9.56. The molecule has 0 N–H and O–H groups in total. The van der Waals surface area contributed by atoms with Gasteiger partial charge < -0.3 is 4.90 Å². The highest BCUT2D eigenvalue weighted by atomic mass is 15.1. The normalized spacial score (nSPS) is 12.8. The van der Waals surface area contributed by atoms with Crippen LogP contribution in [0.1, 0.15) is 72.6 Å². The van der Waals surface area contributed by atoms with E-state index in [0.717, 1.165) is 5.92 Å². The molecular weight excluding hydrogens is 206 g/mol. The molecule has 0 saturated heterocycles. The summed E-state index contributed by atoms with van der Waals surface area (Å²) in [5, 5.41) is 0. The van der Waals surface area contributed by atoms with Crippen LogP contribution < -0.4 is 0 Å². The van der Waals surface area contributed by atoms with Gasteiger partial charge in [-0.2, -0.15) is 0 Å². The zero-order chi connectivity index (χ0) is 13.3. The van der Waals surface area contributed by atoms with Crippen molar-refractivity contribution in [1.29, 1.82) is 0 Å². The molecular formula is C16H33N. The fourth-order valence-electron chi connectivity index (χ4n) is 2.52. The zero-order valence-corrected chi connectivity index (χ0v) is 12.8. The molecule has 0 rings (SSSR count). The van der Waals surface area contributed by atoms with E-state index in [9.17, 15) is 0 Å². The summed E-state index contributed by atoms with van der Waals surface area (Å²) in [6, 6.07) is 0.636. The molecule has 0 aromatic heterocycles. The minimum atomic E-state index is 0.636. The van der Waals surface area contributed by atoms with Gasteiger partial charge in [-0.3, -0.25) is 0 Å². The van der Waals surface area contributed by atoms with Crippen LogP contribution in [0.15, 0.2) is 12.3 Å². The van der Waals surface area contributed by atoms with Gasteiger partial charge in [0.05, 0.1) is 0 Å². The largest absolute Gasteiger partial charge is 0.376 e. The molecule has 0 aliphatic carbocycles. The van der Waals surface area contributed by atoms with Crippen molar-refractivity contribution in [3.8, 4) is 0 Å². The van der Waals surface area contributed by atoms with E-state index in [1.54, 1.807) is 0 Å². The lowest BCUT2D eigenvalue weighted by Gasteiger charge is -2.27. The quantitative estimate of drug-likeness (QED) is 0.505. The molecule has 0 spiro atoms. The standard InChI is InChI=1S/C16H33N/c1-7-10-16(11-8-2)13-9-12-15(5)17(6)14(3)4/h15-16H,3,7-13H2,1-2,4-6H3. The highest BCUT2D eigenvalue weighted by Gasteiger charge is 2.11. The summed E-state index contributed by atoms with van der Waals surface area (Å²) in [6.45, 7) is 13.0. The van der Waals surface area contributed by atoms with Crippen LogP contribution in [0.2, 0.25) is 0 Å². The van der Waals surface area contributed by atoms with Gasteiger partial charge >= 0.3 is 0 Å². The topological polar surface area (TPSA) is 3.24 Å². The molecule has 1 atom stereocenters. The van der Waals surface area contributed by atoms with Gasteiger partial charge in [-0.15, -0.1) is 0 Å². The maximum absolute atomic E-state index is 4.00. The average molecular weight is 239 g/mol. The predicted octanol–water partition coefficient (Wildman–Crippen LogP) is 5.23. The highest BCUT2D eigenvalue weighted by Crippen LogP contribution is 2.21. The lowest BCUT2D eigenvalue weighted by atomic mass is 9.92. The third-order valence-electron chi connectivity index (χ3n) is 3.89. The second-order valence-electron chi connectivity index (χ2n) is 5.57. The Morgan fingerprint density at radius 3 is 2.00 bits per heavy atom. The van der Waals surface area contributed by atoms with E-state index >= 15 is 0 Å². The molecule has 0 aromatic carbocycles. The van der Waals surface area contributed by atoms with Crippen LogP contribution >= 0.6 is 0 Å². The molecule has 0 aromatic rings. The molecule has 0 fully saturated rings. The molecule has 1 nitrogen and oxygen atoms in total. The van der Waals surface area contributed by atoms with Crippen molar-refractivity contribution in [2.75, 3.05) is 7.05 Å². The number of hydrogen-bond donors (Lipinski definition) is 0. The molecule has 0 bridgehead atoms. The van der Waals surface area contributed by atoms with Crippen LogP contribution in [0.5, 0.6) is 0 Å². The molecule has 0 radical (unpaired) electrons. The molecule has 0 heterocycles. The summed E-state index contributed by atoms with van der Waals surface area (Å²) in [5.41, 5.74) is 1.18. The van der Waals surface area contributed by atoms with Crippen LogP contribution in [-0.4, -0.2) is 18.0 Å². The maximum Gasteiger partial charge on any atom is 0.0255 e. The SMILES string of the molecule is C=C(C)N(C)C(C)CCCC(CCC)CCC. The second-order valence-corrected chi connectivity index (χ2v) is 5.57. The summed E-state index contributed by atoms with van der Waals surface area (Å²) in [7, 11) is 2.16. The Labute approximate surface area is 109 Å². The first-order valence-electron chi connectivity index (χ1n) is 7.41. The minimum Gasteiger partial charge on any atom is -0.376 e. The van der Waals surface area contributed by atoms with Gasteiger partial charge in [-0.1, -0.05) is 59.0 Å². The zero-order valence-electron chi connectivity index (χ0n) is 12.8. The summed E-state index contributed by atoms with van der Waals surface area (Å²) in [6.07, 6.45) is 9.58.